The standard InChI is InChI=1S/C16H32O2/c1-3-5-10-14-17-16(12-8-7-9-13-16)18-15-11-6-4-2/h3-15H2,1-2H3. The summed E-state index contributed by atoms with van der Waals surface area (Å²) in [5, 5.41) is 0. The minimum Gasteiger partial charge on any atom is -0.350 e. The maximum Gasteiger partial charge on any atom is 0.168 e. The van der Waals surface area contributed by atoms with Crippen molar-refractivity contribution in [3.63, 3.8) is 0 Å². The van der Waals surface area contributed by atoms with E-state index in [1.807, 2.05) is 0 Å². The average molecular weight is 256 g/mol. The second-order valence-electron chi connectivity index (χ2n) is 5.58. The van der Waals surface area contributed by atoms with Gasteiger partial charge >= 0.3 is 0 Å². The van der Waals surface area contributed by atoms with Gasteiger partial charge in [0.2, 0.25) is 0 Å². The Morgan fingerprint density at radius 3 is 1.67 bits per heavy atom. The summed E-state index contributed by atoms with van der Waals surface area (Å²) < 4.78 is 12.3. The van der Waals surface area contributed by atoms with E-state index in [2.05, 4.69) is 13.8 Å². The van der Waals surface area contributed by atoms with E-state index in [0.29, 0.717) is 0 Å². The number of hydrogen-bond donors (Lipinski definition) is 0. The van der Waals surface area contributed by atoms with Crippen molar-refractivity contribution in [2.45, 2.75) is 90.3 Å². The molecule has 2 heteroatoms. The van der Waals surface area contributed by atoms with E-state index in [9.17, 15) is 0 Å². The molecule has 0 N–H and O–H groups in total. The van der Waals surface area contributed by atoms with Crippen LogP contribution in [0.25, 0.3) is 0 Å². The van der Waals surface area contributed by atoms with Crippen LogP contribution in [0.15, 0.2) is 0 Å². The summed E-state index contributed by atoms with van der Waals surface area (Å²) in [5.74, 6) is -0.222. The van der Waals surface area contributed by atoms with Gasteiger partial charge in [-0.25, -0.2) is 0 Å². The molecule has 2 nitrogen and oxygen atoms in total. The third-order valence-corrected chi connectivity index (χ3v) is 3.84. The first kappa shape index (κ1) is 16.0. The van der Waals surface area contributed by atoms with Crippen LogP contribution >= 0.6 is 0 Å². The molecule has 108 valence electrons. The van der Waals surface area contributed by atoms with Crippen LogP contribution < -0.4 is 0 Å². The lowest BCUT2D eigenvalue weighted by atomic mass is 9.94. The lowest BCUT2D eigenvalue weighted by molar-refractivity contribution is -0.253. The summed E-state index contributed by atoms with van der Waals surface area (Å²) in [6.07, 6.45) is 13.5. The molecular weight excluding hydrogens is 224 g/mol. The van der Waals surface area contributed by atoms with Gasteiger partial charge in [0.05, 0.1) is 13.2 Å². The van der Waals surface area contributed by atoms with Crippen molar-refractivity contribution in [2.75, 3.05) is 13.2 Å². The van der Waals surface area contributed by atoms with Gasteiger partial charge in [-0.1, -0.05) is 46.0 Å². The monoisotopic (exact) mass is 256 g/mol. The third kappa shape index (κ3) is 6.19. The first-order valence-electron chi connectivity index (χ1n) is 8.11. The van der Waals surface area contributed by atoms with E-state index in [4.69, 9.17) is 9.47 Å². The SMILES string of the molecule is CCCCCOC1(OCCCCC)CCCCC1. The summed E-state index contributed by atoms with van der Waals surface area (Å²) in [7, 11) is 0. The molecule has 0 radical (unpaired) electrons. The van der Waals surface area contributed by atoms with Crippen LogP contribution in [0.3, 0.4) is 0 Å². The Hall–Kier alpha value is -0.0800. The summed E-state index contributed by atoms with van der Waals surface area (Å²) in [6, 6.07) is 0. The van der Waals surface area contributed by atoms with Gasteiger partial charge in [0.1, 0.15) is 0 Å². The predicted octanol–water partition coefficient (Wildman–Crippen LogP) is 5.06. The van der Waals surface area contributed by atoms with E-state index in [1.165, 1.54) is 57.8 Å². The van der Waals surface area contributed by atoms with Gasteiger partial charge in [-0.15, -0.1) is 0 Å². The highest BCUT2D eigenvalue weighted by atomic mass is 16.7. The Balaban J connectivity index is 2.27. The molecule has 0 spiro atoms. The first-order chi connectivity index (χ1) is 8.83. The Labute approximate surface area is 113 Å². The molecule has 0 aromatic rings. The molecular formula is C16H32O2. The lowest BCUT2D eigenvalue weighted by Gasteiger charge is -2.37. The van der Waals surface area contributed by atoms with Gasteiger partial charge in [-0.3, -0.25) is 0 Å². The van der Waals surface area contributed by atoms with Gasteiger partial charge in [0.25, 0.3) is 0 Å². The molecule has 1 rings (SSSR count). The van der Waals surface area contributed by atoms with E-state index < -0.39 is 0 Å². The molecule has 0 atom stereocenters. The molecule has 0 aromatic carbocycles. The molecule has 0 aromatic heterocycles. The van der Waals surface area contributed by atoms with Crippen molar-refractivity contribution in [3.05, 3.63) is 0 Å². The van der Waals surface area contributed by atoms with Crippen LogP contribution in [-0.4, -0.2) is 19.0 Å². The molecule has 0 heterocycles. The average Bonchev–Trinajstić information content (AvgIpc) is 2.41. The Morgan fingerprint density at radius 1 is 0.722 bits per heavy atom. The summed E-state index contributed by atoms with van der Waals surface area (Å²) in [6.45, 7) is 6.22. The maximum atomic E-state index is 6.13. The van der Waals surface area contributed by atoms with E-state index in [1.54, 1.807) is 0 Å². The van der Waals surface area contributed by atoms with Crippen molar-refractivity contribution in [3.8, 4) is 0 Å². The normalized spacial score (nSPS) is 19.0. The van der Waals surface area contributed by atoms with Crippen LogP contribution in [0.5, 0.6) is 0 Å². The number of ether oxygens (including phenoxy) is 2. The highest BCUT2D eigenvalue weighted by Crippen LogP contribution is 2.33. The van der Waals surface area contributed by atoms with Gasteiger partial charge in [-0.05, 0) is 25.7 Å². The van der Waals surface area contributed by atoms with Gasteiger partial charge in [0, 0.05) is 12.8 Å². The fourth-order valence-electron chi connectivity index (χ4n) is 2.64. The Morgan fingerprint density at radius 2 is 1.22 bits per heavy atom. The summed E-state index contributed by atoms with van der Waals surface area (Å²) in [4.78, 5) is 0. The fourth-order valence-corrected chi connectivity index (χ4v) is 2.64. The van der Waals surface area contributed by atoms with Crippen molar-refractivity contribution < 1.29 is 9.47 Å². The molecule has 18 heavy (non-hydrogen) atoms. The van der Waals surface area contributed by atoms with Gasteiger partial charge < -0.3 is 9.47 Å². The number of hydrogen-bond acceptors (Lipinski definition) is 2. The van der Waals surface area contributed by atoms with Gasteiger partial charge in [-0.2, -0.15) is 0 Å². The second kappa shape index (κ2) is 9.80. The number of rotatable bonds is 10. The van der Waals surface area contributed by atoms with Crippen LogP contribution in [0.4, 0.5) is 0 Å². The van der Waals surface area contributed by atoms with Crippen LogP contribution in [0, 0.1) is 0 Å². The zero-order chi connectivity index (χ0) is 13.1. The molecule has 0 aliphatic heterocycles. The largest absolute Gasteiger partial charge is 0.350 e. The molecule has 0 saturated heterocycles. The molecule has 1 aliphatic carbocycles. The minimum absolute atomic E-state index is 0.222. The van der Waals surface area contributed by atoms with Crippen molar-refractivity contribution in [1.29, 1.82) is 0 Å². The van der Waals surface area contributed by atoms with E-state index in [-0.39, 0.29) is 5.79 Å². The van der Waals surface area contributed by atoms with Crippen LogP contribution in [0.1, 0.15) is 84.5 Å². The highest BCUT2D eigenvalue weighted by Gasteiger charge is 2.33. The zero-order valence-corrected chi connectivity index (χ0v) is 12.5. The van der Waals surface area contributed by atoms with Crippen LogP contribution in [-0.2, 0) is 9.47 Å². The summed E-state index contributed by atoms with van der Waals surface area (Å²) >= 11 is 0. The van der Waals surface area contributed by atoms with Crippen LogP contribution in [0.2, 0.25) is 0 Å². The molecule has 0 bridgehead atoms. The highest BCUT2D eigenvalue weighted by molar-refractivity contribution is 4.75. The maximum absolute atomic E-state index is 6.13. The quantitative estimate of drug-likeness (QED) is 0.402. The second-order valence-corrected chi connectivity index (χ2v) is 5.58. The van der Waals surface area contributed by atoms with E-state index in [0.717, 1.165) is 26.1 Å². The molecule has 1 aliphatic rings. The molecule has 0 unspecified atom stereocenters. The topological polar surface area (TPSA) is 18.5 Å². The zero-order valence-electron chi connectivity index (χ0n) is 12.5. The Kier molecular flexibility index (Phi) is 8.70. The first-order valence-corrected chi connectivity index (χ1v) is 8.11. The lowest BCUT2D eigenvalue weighted by Crippen LogP contribution is -2.38. The third-order valence-electron chi connectivity index (χ3n) is 3.84. The van der Waals surface area contributed by atoms with E-state index >= 15 is 0 Å². The van der Waals surface area contributed by atoms with Crippen molar-refractivity contribution >= 4 is 0 Å². The van der Waals surface area contributed by atoms with Gasteiger partial charge in [0.15, 0.2) is 5.79 Å². The fraction of sp³-hybridized carbons (Fsp3) is 1.00. The molecule has 1 saturated carbocycles. The smallest absolute Gasteiger partial charge is 0.168 e. The summed E-state index contributed by atoms with van der Waals surface area (Å²) in [5.41, 5.74) is 0. The molecule has 1 fully saturated rings. The van der Waals surface area contributed by atoms with Crippen molar-refractivity contribution in [2.24, 2.45) is 0 Å². The predicted molar refractivity (Wildman–Crippen MR) is 76.8 cm³/mol. The molecule has 0 amide bonds. The number of unbranched alkanes of at least 4 members (excludes halogenated alkanes) is 4. The Bertz CT molecular complexity index is 172. The van der Waals surface area contributed by atoms with Crippen molar-refractivity contribution in [1.82, 2.24) is 0 Å². The minimum atomic E-state index is -0.222.